The summed E-state index contributed by atoms with van der Waals surface area (Å²) in [6.45, 7) is 11.0. The lowest BCUT2D eigenvalue weighted by Gasteiger charge is -2.34. The summed E-state index contributed by atoms with van der Waals surface area (Å²) in [5.41, 5.74) is -0.213. The van der Waals surface area contributed by atoms with Crippen molar-refractivity contribution in [3.05, 3.63) is 11.8 Å². The van der Waals surface area contributed by atoms with Gasteiger partial charge in [0.1, 0.15) is 11.6 Å². The first-order valence-electron chi connectivity index (χ1n) is 6.55. The van der Waals surface area contributed by atoms with Crippen molar-refractivity contribution in [3.63, 3.8) is 0 Å². The minimum atomic E-state index is -0.349. The van der Waals surface area contributed by atoms with E-state index in [0.717, 1.165) is 0 Å². The van der Waals surface area contributed by atoms with Crippen molar-refractivity contribution in [1.82, 2.24) is 10.2 Å². The Balaban J connectivity index is 2.76. The van der Waals surface area contributed by atoms with Gasteiger partial charge in [-0.25, -0.2) is 0 Å². The molecule has 1 aliphatic rings. The van der Waals surface area contributed by atoms with Gasteiger partial charge in [-0.15, -0.1) is 0 Å². The first kappa shape index (κ1) is 15.5. The minimum Gasteiger partial charge on any atom is -0.372 e. The molecule has 1 aliphatic heterocycles. The molecule has 0 spiro atoms. The van der Waals surface area contributed by atoms with Crippen molar-refractivity contribution in [2.45, 2.75) is 52.4 Å². The minimum absolute atomic E-state index is 0.102. The van der Waals surface area contributed by atoms with E-state index >= 15 is 0 Å². The van der Waals surface area contributed by atoms with Crippen LogP contribution in [0.5, 0.6) is 0 Å². The van der Waals surface area contributed by atoms with E-state index in [1.165, 1.54) is 0 Å². The van der Waals surface area contributed by atoms with E-state index in [4.69, 9.17) is 10.00 Å². The Bertz CT molecular complexity index is 394. The third-order valence-electron chi connectivity index (χ3n) is 2.61. The lowest BCUT2D eigenvalue weighted by atomic mass is 10.1. The lowest BCUT2D eigenvalue weighted by Crippen LogP contribution is -2.44. The molecular weight excluding hydrogens is 242 g/mol. The summed E-state index contributed by atoms with van der Waals surface area (Å²) in [5.74, 6) is -0.332. The number of hydrogen-bond donors (Lipinski definition) is 1. The van der Waals surface area contributed by atoms with Crippen molar-refractivity contribution in [2.75, 3.05) is 13.1 Å². The Hall–Kier alpha value is -1.54. The number of hydrogen-bond acceptors (Lipinski definition) is 4. The molecule has 0 aromatic rings. The highest BCUT2D eigenvalue weighted by Gasteiger charge is 2.23. The highest BCUT2D eigenvalue weighted by atomic mass is 16.5. The van der Waals surface area contributed by atoms with E-state index in [0.29, 0.717) is 13.1 Å². The van der Waals surface area contributed by atoms with Crippen molar-refractivity contribution in [2.24, 2.45) is 0 Å². The van der Waals surface area contributed by atoms with Gasteiger partial charge in [-0.2, -0.15) is 5.26 Å². The van der Waals surface area contributed by atoms with Gasteiger partial charge < -0.3 is 15.0 Å². The topological polar surface area (TPSA) is 65.4 Å². The van der Waals surface area contributed by atoms with Gasteiger partial charge in [0, 0.05) is 24.8 Å². The van der Waals surface area contributed by atoms with Crippen LogP contribution in [-0.4, -0.2) is 41.6 Å². The number of carbonyl (C=O) groups is 1. The number of rotatable bonds is 2. The molecule has 2 atom stereocenters. The SMILES string of the molecule is CC1CN(/C=C(/C#N)C(=O)NC(C)(C)C)CC(C)O1. The zero-order chi connectivity index (χ0) is 14.6. The largest absolute Gasteiger partial charge is 0.372 e. The molecule has 1 amide bonds. The van der Waals surface area contributed by atoms with Gasteiger partial charge in [-0.05, 0) is 34.6 Å². The van der Waals surface area contributed by atoms with Gasteiger partial charge in [0.2, 0.25) is 0 Å². The molecule has 0 aromatic heterocycles. The third kappa shape index (κ3) is 5.31. The van der Waals surface area contributed by atoms with Gasteiger partial charge in [0.15, 0.2) is 0 Å². The smallest absolute Gasteiger partial charge is 0.263 e. The number of amides is 1. The summed E-state index contributed by atoms with van der Waals surface area (Å²) < 4.78 is 5.62. The van der Waals surface area contributed by atoms with Gasteiger partial charge in [-0.1, -0.05) is 0 Å². The zero-order valence-corrected chi connectivity index (χ0v) is 12.4. The first-order valence-corrected chi connectivity index (χ1v) is 6.55. The lowest BCUT2D eigenvalue weighted by molar-refractivity contribution is -0.118. The number of morpholine rings is 1. The molecule has 0 saturated carbocycles. The van der Waals surface area contributed by atoms with Crippen LogP contribution < -0.4 is 5.32 Å². The molecule has 1 saturated heterocycles. The summed E-state index contributed by atoms with van der Waals surface area (Å²) >= 11 is 0. The molecule has 2 unspecified atom stereocenters. The normalized spacial score (nSPS) is 24.8. The molecule has 0 aliphatic carbocycles. The van der Waals surface area contributed by atoms with Crippen LogP contribution in [0.25, 0.3) is 0 Å². The number of carbonyl (C=O) groups excluding carboxylic acids is 1. The molecule has 5 nitrogen and oxygen atoms in total. The number of ether oxygens (including phenoxy) is 1. The Morgan fingerprint density at radius 2 is 1.89 bits per heavy atom. The average molecular weight is 265 g/mol. The second-order valence-corrected chi connectivity index (χ2v) is 6.07. The highest BCUT2D eigenvalue weighted by molar-refractivity contribution is 5.97. The first-order chi connectivity index (χ1) is 8.71. The Labute approximate surface area is 115 Å². The van der Waals surface area contributed by atoms with E-state index < -0.39 is 0 Å². The van der Waals surface area contributed by atoms with Crippen LogP contribution in [0.15, 0.2) is 11.8 Å². The van der Waals surface area contributed by atoms with E-state index in [-0.39, 0.29) is 29.2 Å². The highest BCUT2D eigenvalue weighted by Crippen LogP contribution is 2.12. The fourth-order valence-electron chi connectivity index (χ4n) is 2.05. The molecule has 0 bridgehead atoms. The molecule has 19 heavy (non-hydrogen) atoms. The molecule has 0 radical (unpaired) electrons. The summed E-state index contributed by atoms with van der Waals surface area (Å²) in [5, 5.41) is 11.9. The third-order valence-corrected chi connectivity index (χ3v) is 2.61. The maximum absolute atomic E-state index is 12.0. The van der Waals surface area contributed by atoms with E-state index in [1.54, 1.807) is 6.20 Å². The maximum atomic E-state index is 12.0. The van der Waals surface area contributed by atoms with Crippen LogP contribution in [-0.2, 0) is 9.53 Å². The maximum Gasteiger partial charge on any atom is 0.263 e. The van der Waals surface area contributed by atoms with Crippen LogP contribution in [0.4, 0.5) is 0 Å². The van der Waals surface area contributed by atoms with Crippen molar-refractivity contribution < 1.29 is 9.53 Å². The molecule has 1 heterocycles. The Kier molecular flexibility index (Phi) is 4.96. The summed E-state index contributed by atoms with van der Waals surface area (Å²) in [6, 6.07) is 1.97. The van der Waals surface area contributed by atoms with Crippen LogP contribution in [0.1, 0.15) is 34.6 Å². The van der Waals surface area contributed by atoms with Crippen LogP contribution in [0, 0.1) is 11.3 Å². The number of nitrogens with one attached hydrogen (secondary N) is 1. The molecule has 0 aromatic carbocycles. The van der Waals surface area contributed by atoms with Crippen molar-refractivity contribution >= 4 is 5.91 Å². The summed E-state index contributed by atoms with van der Waals surface area (Å²) in [4.78, 5) is 13.9. The predicted molar refractivity (Wildman–Crippen MR) is 73.2 cm³/mol. The van der Waals surface area contributed by atoms with Crippen LogP contribution in [0.3, 0.4) is 0 Å². The second-order valence-electron chi connectivity index (χ2n) is 6.07. The average Bonchev–Trinajstić information content (AvgIpc) is 2.21. The summed E-state index contributed by atoms with van der Waals surface area (Å²) in [6.07, 6.45) is 1.84. The van der Waals surface area contributed by atoms with Crippen LogP contribution >= 0.6 is 0 Å². The van der Waals surface area contributed by atoms with Gasteiger partial charge in [-0.3, -0.25) is 4.79 Å². The standard InChI is InChI=1S/C14H23N3O2/c1-10-7-17(8-11(2)19-10)9-12(6-15)13(18)16-14(3,4)5/h9-11H,7-8H2,1-5H3,(H,16,18)/b12-9-. The molecule has 1 fully saturated rings. The zero-order valence-electron chi connectivity index (χ0n) is 12.4. The molecule has 5 heteroatoms. The van der Waals surface area contributed by atoms with Crippen molar-refractivity contribution in [1.29, 1.82) is 5.26 Å². The quantitative estimate of drug-likeness (QED) is 0.606. The molecule has 1 N–H and O–H groups in total. The predicted octanol–water partition coefficient (Wildman–Crippen LogP) is 1.42. The van der Waals surface area contributed by atoms with Crippen LogP contribution in [0.2, 0.25) is 0 Å². The second kappa shape index (κ2) is 6.07. The molecular formula is C14H23N3O2. The fraction of sp³-hybridized carbons (Fsp3) is 0.714. The summed E-state index contributed by atoms with van der Waals surface area (Å²) in [7, 11) is 0. The number of nitrogens with zero attached hydrogens (tertiary/aromatic N) is 2. The van der Waals surface area contributed by atoms with Gasteiger partial charge in [0.05, 0.1) is 12.2 Å². The molecule has 106 valence electrons. The Morgan fingerprint density at radius 3 is 2.32 bits per heavy atom. The van der Waals surface area contributed by atoms with Gasteiger partial charge in [0.25, 0.3) is 5.91 Å². The molecule has 1 rings (SSSR count). The van der Waals surface area contributed by atoms with E-state index in [9.17, 15) is 4.79 Å². The van der Waals surface area contributed by atoms with Crippen molar-refractivity contribution in [3.8, 4) is 6.07 Å². The van der Waals surface area contributed by atoms with E-state index in [2.05, 4.69) is 5.32 Å². The Morgan fingerprint density at radius 1 is 1.37 bits per heavy atom. The van der Waals surface area contributed by atoms with E-state index in [1.807, 2.05) is 45.6 Å². The monoisotopic (exact) mass is 265 g/mol. The fourth-order valence-corrected chi connectivity index (χ4v) is 2.05. The van der Waals surface area contributed by atoms with Gasteiger partial charge >= 0.3 is 0 Å². The number of nitriles is 1.